The van der Waals surface area contributed by atoms with E-state index in [1.165, 1.54) is 0 Å². The van der Waals surface area contributed by atoms with Crippen molar-refractivity contribution >= 4 is 11.6 Å². The maximum atomic E-state index is 13.2. The zero-order chi connectivity index (χ0) is 11.6. The van der Waals surface area contributed by atoms with Gasteiger partial charge in [0.05, 0.1) is 11.6 Å². The first-order chi connectivity index (χ1) is 6.87. The van der Waals surface area contributed by atoms with E-state index in [1.807, 2.05) is 0 Å². The van der Waals surface area contributed by atoms with Crippen LogP contribution in [0.4, 0.5) is 17.6 Å². The molecule has 15 heavy (non-hydrogen) atoms. The first-order valence-corrected chi connectivity index (χ1v) is 4.45. The predicted octanol–water partition coefficient (Wildman–Crippen LogP) is 2.75. The van der Waals surface area contributed by atoms with E-state index in [0.29, 0.717) is 0 Å². The van der Waals surface area contributed by atoms with Crippen LogP contribution in [0.25, 0.3) is 0 Å². The number of hydrogen-bond donors (Lipinski definition) is 1. The highest BCUT2D eigenvalue weighted by Crippen LogP contribution is 2.26. The van der Waals surface area contributed by atoms with Crippen LogP contribution in [0.3, 0.4) is 0 Å². The van der Waals surface area contributed by atoms with Gasteiger partial charge in [0, 0.05) is 12.0 Å². The summed E-state index contributed by atoms with van der Waals surface area (Å²) in [7, 11) is 0. The number of hydrogen-bond acceptors (Lipinski definition) is 1. The van der Waals surface area contributed by atoms with Gasteiger partial charge in [-0.3, -0.25) is 0 Å². The van der Waals surface area contributed by atoms with Gasteiger partial charge >= 0.3 is 0 Å². The van der Waals surface area contributed by atoms with E-state index in [9.17, 15) is 17.6 Å². The Morgan fingerprint density at radius 1 is 1.27 bits per heavy atom. The van der Waals surface area contributed by atoms with Gasteiger partial charge in [-0.15, -0.1) is 0 Å². The quantitative estimate of drug-likeness (QED) is 0.639. The Labute approximate surface area is 88.8 Å². The van der Waals surface area contributed by atoms with Crippen LogP contribution in [0.15, 0.2) is 12.1 Å². The molecule has 0 amide bonds. The summed E-state index contributed by atoms with van der Waals surface area (Å²) >= 11 is 5.34. The number of rotatable bonds is 3. The van der Waals surface area contributed by atoms with Gasteiger partial charge in [0.25, 0.3) is 5.92 Å². The van der Waals surface area contributed by atoms with E-state index >= 15 is 0 Å². The van der Waals surface area contributed by atoms with E-state index in [0.717, 1.165) is 12.1 Å². The molecular weight excluding hydrogens is 234 g/mol. The summed E-state index contributed by atoms with van der Waals surface area (Å²) in [6, 6.07) is 1.81. The van der Waals surface area contributed by atoms with Crippen LogP contribution < -0.4 is 5.73 Å². The molecule has 0 aliphatic rings. The van der Waals surface area contributed by atoms with Crippen molar-refractivity contribution in [2.24, 2.45) is 5.73 Å². The Kier molecular flexibility index (Phi) is 3.57. The maximum Gasteiger partial charge on any atom is 0.264 e. The second-order valence-corrected chi connectivity index (χ2v) is 3.47. The van der Waals surface area contributed by atoms with Crippen LogP contribution in [-0.4, -0.2) is 12.5 Å². The highest BCUT2D eigenvalue weighted by Gasteiger charge is 2.30. The zero-order valence-corrected chi connectivity index (χ0v) is 8.29. The average molecular weight is 242 g/mol. The third kappa shape index (κ3) is 2.82. The fraction of sp³-hybridized carbons (Fsp3) is 0.333. The second kappa shape index (κ2) is 4.37. The number of alkyl halides is 2. The van der Waals surface area contributed by atoms with Crippen molar-refractivity contribution in [2.75, 3.05) is 6.54 Å². The van der Waals surface area contributed by atoms with Gasteiger partial charge in [-0.1, -0.05) is 11.6 Å². The van der Waals surface area contributed by atoms with Crippen LogP contribution in [0.5, 0.6) is 0 Å². The summed E-state index contributed by atoms with van der Waals surface area (Å²) in [6.07, 6.45) is -1.10. The third-order valence-corrected chi connectivity index (χ3v) is 2.16. The first kappa shape index (κ1) is 12.3. The van der Waals surface area contributed by atoms with E-state index in [2.05, 4.69) is 0 Å². The Hall–Kier alpha value is -0.810. The molecule has 0 saturated carbocycles. The lowest BCUT2D eigenvalue weighted by Crippen LogP contribution is -2.31. The summed E-state index contributed by atoms with van der Waals surface area (Å²) in [5.41, 5.74) is 4.03. The van der Waals surface area contributed by atoms with Gasteiger partial charge in [0.1, 0.15) is 11.6 Å². The molecule has 84 valence electrons. The fourth-order valence-corrected chi connectivity index (χ4v) is 1.24. The van der Waals surface area contributed by atoms with E-state index in [1.54, 1.807) is 0 Å². The van der Waals surface area contributed by atoms with Gasteiger partial charge in [-0.2, -0.15) is 0 Å². The van der Waals surface area contributed by atoms with Crippen molar-refractivity contribution in [3.63, 3.8) is 0 Å². The maximum absolute atomic E-state index is 13.2. The lowest BCUT2D eigenvalue weighted by atomic mass is 10.1. The van der Waals surface area contributed by atoms with Crippen LogP contribution in [0, 0.1) is 11.6 Å². The molecular formula is C9H8ClF4N. The summed E-state index contributed by atoms with van der Waals surface area (Å²) in [5, 5.41) is -0.390. The van der Waals surface area contributed by atoms with Gasteiger partial charge in [0.2, 0.25) is 0 Å². The molecule has 0 aliphatic heterocycles. The summed E-state index contributed by atoms with van der Waals surface area (Å²) in [5.74, 6) is -5.55. The van der Waals surface area contributed by atoms with E-state index in [-0.39, 0.29) is 5.02 Å². The normalized spacial score (nSPS) is 11.9. The highest BCUT2D eigenvalue weighted by atomic mass is 35.5. The Morgan fingerprint density at radius 2 is 1.87 bits per heavy atom. The largest absolute Gasteiger partial charge is 0.325 e. The molecule has 0 bridgehead atoms. The zero-order valence-electron chi connectivity index (χ0n) is 7.54. The van der Waals surface area contributed by atoms with Crippen molar-refractivity contribution in [3.05, 3.63) is 34.4 Å². The van der Waals surface area contributed by atoms with Crippen molar-refractivity contribution < 1.29 is 17.6 Å². The van der Waals surface area contributed by atoms with Crippen LogP contribution in [-0.2, 0) is 6.42 Å². The molecule has 6 heteroatoms. The van der Waals surface area contributed by atoms with Crippen LogP contribution in [0.1, 0.15) is 5.56 Å². The molecule has 0 unspecified atom stereocenters. The fourth-order valence-electron chi connectivity index (χ4n) is 1.06. The SMILES string of the molecule is NCC(F)(F)Cc1c(F)ccc(Cl)c1F. The minimum atomic E-state index is -3.34. The monoisotopic (exact) mass is 241 g/mol. The summed E-state index contributed by atoms with van der Waals surface area (Å²) in [6.45, 7) is -0.974. The van der Waals surface area contributed by atoms with Crippen molar-refractivity contribution in [1.29, 1.82) is 0 Å². The molecule has 0 aliphatic carbocycles. The van der Waals surface area contributed by atoms with Gasteiger partial charge in [-0.05, 0) is 12.1 Å². The molecule has 0 fully saturated rings. The average Bonchev–Trinajstić information content (AvgIpc) is 2.19. The molecule has 0 heterocycles. The Balaban J connectivity index is 3.09. The van der Waals surface area contributed by atoms with E-state index in [4.69, 9.17) is 17.3 Å². The Bertz CT molecular complexity index is 367. The van der Waals surface area contributed by atoms with E-state index < -0.39 is 36.1 Å². The van der Waals surface area contributed by atoms with Crippen molar-refractivity contribution in [3.8, 4) is 0 Å². The topological polar surface area (TPSA) is 26.0 Å². The number of halogens is 5. The summed E-state index contributed by atoms with van der Waals surface area (Å²) in [4.78, 5) is 0. The number of benzene rings is 1. The standard InChI is InChI=1S/C9H8ClF4N/c10-6-1-2-7(11)5(8(6)12)3-9(13,14)4-15/h1-2H,3-4,15H2. The van der Waals surface area contributed by atoms with Gasteiger partial charge < -0.3 is 5.73 Å². The second-order valence-electron chi connectivity index (χ2n) is 3.06. The molecule has 0 spiro atoms. The van der Waals surface area contributed by atoms with Crippen molar-refractivity contribution in [2.45, 2.75) is 12.3 Å². The molecule has 0 radical (unpaired) electrons. The number of nitrogens with two attached hydrogens (primary N) is 1. The molecule has 0 aromatic heterocycles. The van der Waals surface area contributed by atoms with Gasteiger partial charge in [-0.25, -0.2) is 17.6 Å². The smallest absolute Gasteiger partial charge is 0.264 e. The van der Waals surface area contributed by atoms with Crippen molar-refractivity contribution in [1.82, 2.24) is 0 Å². The minimum Gasteiger partial charge on any atom is -0.325 e. The minimum absolute atomic E-state index is 0.390. The van der Waals surface area contributed by atoms with Gasteiger partial charge in [0.15, 0.2) is 0 Å². The third-order valence-electron chi connectivity index (χ3n) is 1.87. The summed E-state index contributed by atoms with van der Waals surface area (Å²) < 4.78 is 51.9. The Morgan fingerprint density at radius 3 is 2.40 bits per heavy atom. The molecule has 1 aromatic rings. The molecule has 0 saturated heterocycles. The van der Waals surface area contributed by atoms with Crippen LogP contribution in [0.2, 0.25) is 5.02 Å². The lowest BCUT2D eigenvalue weighted by molar-refractivity contribution is 0.00981. The van der Waals surface area contributed by atoms with Crippen LogP contribution >= 0.6 is 11.6 Å². The molecule has 2 N–H and O–H groups in total. The lowest BCUT2D eigenvalue weighted by Gasteiger charge is -2.15. The molecule has 0 atom stereocenters. The first-order valence-electron chi connectivity index (χ1n) is 4.07. The predicted molar refractivity (Wildman–Crippen MR) is 49.1 cm³/mol. The highest BCUT2D eigenvalue weighted by molar-refractivity contribution is 6.30. The molecule has 1 rings (SSSR count). The molecule has 1 nitrogen and oxygen atoms in total. The molecule has 1 aromatic carbocycles.